The van der Waals surface area contributed by atoms with E-state index in [2.05, 4.69) is 15.1 Å². The molecule has 3 aromatic rings. The van der Waals surface area contributed by atoms with Gasteiger partial charge in [-0.1, -0.05) is 12.1 Å². The maximum Gasteiger partial charge on any atom is 0.255 e. The van der Waals surface area contributed by atoms with E-state index in [-0.39, 0.29) is 0 Å². The molecule has 1 aromatic carbocycles. The molecule has 2 heterocycles. The first-order valence-corrected chi connectivity index (χ1v) is 5.31. The van der Waals surface area contributed by atoms with E-state index in [1.54, 1.807) is 0 Å². The van der Waals surface area contributed by atoms with Crippen LogP contribution in [0.2, 0.25) is 0 Å². The van der Waals surface area contributed by atoms with Crippen LogP contribution in [0.4, 0.5) is 0 Å². The third-order valence-corrected chi connectivity index (χ3v) is 2.62. The van der Waals surface area contributed by atoms with Gasteiger partial charge < -0.3 is 4.98 Å². The lowest BCUT2D eigenvalue weighted by Gasteiger charge is -1.92. The van der Waals surface area contributed by atoms with Gasteiger partial charge in [0, 0.05) is 6.20 Å². The minimum Gasteiger partial charge on any atom is -0.322 e. The van der Waals surface area contributed by atoms with Crippen LogP contribution >= 0.6 is 11.6 Å². The first-order chi connectivity index (χ1) is 8.24. The molecule has 0 spiro atoms. The first-order valence-electron chi connectivity index (χ1n) is 4.94. The molecule has 0 saturated heterocycles. The molecule has 0 fully saturated rings. The number of H-pyrrole nitrogens is 1. The topological polar surface area (TPSA) is 63.6 Å². The van der Waals surface area contributed by atoms with Crippen LogP contribution in [0.5, 0.6) is 0 Å². The lowest BCUT2D eigenvalue weighted by molar-refractivity contribution is 0.108. The van der Waals surface area contributed by atoms with Gasteiger partial charge in [-0.05, 0) is 23.7 Å². The van der Waals surface area contributed by atoms with E-state index in [1.165, 1.54) is 17.1 Å². The van der Waals surface area contributed by atoms with Crippen molar-refractivity contribution in [2.24, 2.45) is 0 Å². The van der Waals surface area contributed by atoms with Gasteiger partial charge >= 0.3 is 0 Å². The molecule has 0 aliphatic carbocycles. The average Bonchev–Trinajstić information content (AvgIpc) is 2.95. The van der Waals surface area contributed by atoms with Gasteiger partial charge in [-0.15, -0.1) is 0 Å². The number of carbonyl (C=O) groups excluding carboxylic acids is 1. The third-order valence-electron chi connectivity index (χ3n) is 2.40. The van der Waals surface area contributed by atoms with E-state index in [1.807, 2.05) is 24.3 Å². The minimum absolute atomic E-state index is 0.340. The Morgan fingerprint density at radius 3 is 2.88 bits per heavy atom. The molecule has 0 saturated carbocycles. The molecule has 17 heavy (non-hydrogen) atoms. The number of para-hydroxylation sites is 2. The maximum atomic E-state index is 10.9. The van der Waals surface area contributed by atoms with Crippen LogP contribution in [0, 0.1) is 0 Å². The fourth-order valence-electron chi connectivity index (χ4n) is 1.59. The highest BCUT2D eigenvalue weighted by molar-refractivity contribution is 6.67. The van der Waals surface area contributed by atoms with E-state index in [4.69, 9.17) is 11.6 Å². The molecule has 3 rings (SSSR count). The van der Waals surface area contributed by atoms with Crippen molar-refractivity contribution in [3.8, 4) is 5.95 Å². The van der Waals surface area contributed by atoms with E-state index < -0.39 is 5.24 Å². The smallest absolute Gasteiger partial charge is 0.255 e. The summed E-state index contributed by atoms with van der Waals surface area (Å²) >= 11 is 5.36. The van der Waals surface area contributed by atoms with Crippen LogP contribution in [0.15, 0.2) is 36.7 Å². The molecule has 0 radical (unpaired) electrons. The number of hydrogen-bond donors (Lipinski definition) is 1. The Bertz CT molecular complexity index is 667. The first kappa shape index (κ1) is 10.0. The lowest BCUT2D eigenvalue weighted by Crippen LogP contribution is -1.96. The molecule has 0 bridgehead atoms. The molecule has 2 aromatic heterocycles. The van der Waals surface area contributed by atoms with Gasteiger partial charge in [-0.3, -0.25) is 4.79 Å². The van der Waals surface area contributed by atoms with Crippen LogP contribution in [0.3, 0.4) is 0 Å². The number of rotatable bonds is 2. The molecule has 0 atom stereocenters. The zero-order valence-corrected chi connectivity index (χ0v) is 9.35. The van der Waals surface area contributed by atoms with Crippen molar-refractivity contribution in [1.82, 2.24) is 19.7 Å². The number of nitrogens with zero attached hydrogens (tertiary/aromatic N) is 3. The van der Waals surface area contributed by atoms with Crippen LogP contribution in [0.25, 0.3) is 17.0 Å². The Balaban J connectivity index is 2.10. The summed E-state index contributed by atoms with van der Waals surface area (Å²) in [5.74, 6) is 0.551. The van der Waals surface area contributed by atoms with Gasteiger partial charge in [0.25, 0.3) is 5.24 Å². The Morgan fingerprint density at radius 2 is 2.18 bits per heavy atom. The van der Waals surface area contributed by atoms with Crippen molar-refractivity contribution in [2.45, 2.75) is 0 Å². The third kappa shape index (κ3) is 1.70. The Kier molecular flexibility index (Phi) is 2.19. The number of hydrogen-bond acceptors (Lipinski definition) is 3. The highest BCUT2D eigenvalue weighted by Gasteiger charge is 2.09. The molecule has 84 valence electrons. The summed E-state index contributed by atoms with van der Waals surface area (Å²) in [4.78, 5) is 18.4. The van der Waals surface area contributed by atoms with Crippen molar-refractivity contribution >= 4 is 27.9 Å². The highest BCUT2D eigenvalue weighted by Crippen LogP contribution is 2.13. The van der Waals surface area contributed by atoms with Gasteiger partial charge in [0.05, 0.1) is 22.8 Å². The van der Waals surface area contributed by atoms with Gasteiger partial charge in [0.1, 0.15) is 0 Å². The summed E-state index contributed by atoms with van der Waals surface area (Å²) in [7, 11) is 0. The predicted molar refractivity (Wildman–Crippen MR) is 63.4 cm³/mol. The molecule has 5 nitrogen and oxygen atoms in total. The Morgan fingerprint density at radius 1 is 1.35 bits per heavy atom. The zero-order valence-electron chi connectivity index (χ0n) is 8.59. The van der Waals surface area contributed by atoms with Crippen LogP contribution in [-0.4, -0.2) is 25.0 Å². The minimum atomic E-state index is -0.535. The van der Waals surface area contributed by atoms with Crippen molar-refractivity contribution in [3.63, 3.8) is 0 Å². The number of nitrogens with one attached hydrogen (secondary N) is 1. The zero-order chi connectivity index (χ0) is 11.8. The van der Waals surface area contributed by atoms with Crippen LogP contribution in [-0.2, 0) is 0 Å². The van der Waals surface area contributed by atoms with Crippen LogP contribution < -0.4 is 0 Å². The number of halogens is 1. The summed E-state index contributed by atoms with van der Waals surface area (Å²) in [5.41, 5.74) is 2.10. The summed E-state index contributed by atoms with van der Waals surface area (Å²) in [6.07, 6.45) is 2.94. The number of carbonyl (C=O) groups is 1. The number of aromatic amines is 1. The van der Waals surface area contributed by atoms with Crippen molar-refractivity contribution in [3.05, 3.63) is 42.2 Å². The van der Waals surface area contributed by atoms with E-state index in [0.717, 1.165) is 11.0 Å². The number of aromatic nitrogens is 4. The van der Waals surface area contributed by atoms with Crippen molar-refractivity contribution in [2.75, 3.05) is 0 Å². The fourth-order valence-corrected chi connectivity index (χ4v) is 1.69. The Hall–Kier alpha value is -2.14. The molecule has 0 aliphatic heterocycles. The van der Waals surface area contributed by atoms with Crippen LogP contribution in [0.1, 0.15) is 10.4 Å². The molecular formula is C11H7ClN4O. The average molecular weight is 247 g/mol. The lowest BCUT2D eigenvalue weighted by atomic mass is 10.3. The van der Waals surface area contributed by atoms with E-state index >= 15 is 0 Å². The number of imidazole rings is 1. The van der Waals surface area contributed by atoms with Gasteiger partial charge in [-0.2, -0.15) is 5.10 Å². The SMILES string of the molecule is O=C(Cl)c1cnn(-c2nc3ccccc3[nH]2)c1. The second-order valence-corrected chi connectivity index (χ2v) is 3.87. The normalized spacial score (nSPS) is 10.9. The molecule has 0 amide bonds. The quantitative estimate of drug-likeness (QED) is 0.705. The molecule has 6 heteroatoms. The second-order valence-electron chi connectivity index (χ2n) is 3.52. The molecule has 1 N–H and O–H groups in total. The summed E-state index contributed by atoms with van der Waals surface area (Å²) in [6.45, 7) is 0. The van der Waals surface area contributed by atoms with E-state index in [0.29, 0.717) is 11.5 Å². The largest absolute Gasteiger partial charge is 0.322 e. The standard InChI is InChI=1S/C11H7ClN4O/c12-10(17)7-5-13-16(6-7)11-14-8-3-1-2-4-9(8)15-11/h1-6H,(H,14,15). The Labute approximate surface area is 101 Å². The summed E-state index contributed by atoms with van der Waals surface area (Å²) in [5, 5.41) is 3.49. The monoisotopic (exact) mass is 246 g/mol. The fraction of sp³-hybridized carbons (Fsp3) is 0. The summed E-state index contributed by atoms with van der Waals surface area (Å²) in [6, 6.07) is 7.64. The van der Waals surface area contributed by atoms with Crippen molar-refractivity contribution < 1.29 is 4.79 Å². The number of fused-ring (bicyclic) bond motifs is 1. The van der Waals surface area contributed by atoms with Crippen molar-refractivity contribution in [1.29, 1.82) is 0 Å². The molecular weight excluding hydrogens is 240 g/mol. The predicted octanol–water partition coefficient (Wildman–Crippen LogP) is 2.13. The van der Waals surface area contributed by atoms with Gasteiger partial charge in [0.2, 0.25) is 5.95 Å². The second kappa shape index (κ2) is 3.71. The van der Waals surface area contributed by atoms with Gasteiger partial charge in [-0.25, -0.2) is 9.67 Å². The summed E-state index contributed by atoms with van der Waals surface area (Å²) < 4.78 is 1.48. The van der Waals surface area contributed by atoms with Gasteiger partial charge in [0.15, 0.2) is 0 Å². The molecule has 0 aliphatic rings. The highest BCUT2D eigenvalue weighted by atomic mass is 35.5. The maximum absolute atomic E-state index is 10.9. The number of benzene rings is 1. The van der Waals surface area contributed by atoms with E-state index in [9.17, 15) is 4.79 Å². The molecule has 0 unspecified atom stereocenters.